The molecule has 2 aromatic rings. The van der Waals surface area contributed by atoms with Crippen molar-refractivity contribution in [3.8, 4) is 5.75 Å². The van der Waals surface area contributed by atoms with Gasteiger partial charge in [-0.25, -0.2) is 13.2 Å². The maximum atomic E-state index is 13.0. The van der Waals surface area contributed by atoms with Crippen molar-refractivity contribution in [3.05, 3.63) is 53.1 Å². The number of rotatable bonds is 10. The summed E-state index contributed by atoms with van der Waals surface area (Å²) in [6, 6.07) is 11.0. The summed E-state index contributed by atoms with van der Waals surface area (Å²) in [7, 11) is -3.73. The fraction of sp³-hybridized carbons (Fsp3) is 0.440. The van der Waals surface area contributed by atoms with Gasteiger partial charge in [-0.05, 0) is 68.7 Å². The van der Waals surface area contributed by atoms with E-state index < -0.39 is 16.0 Å². The first kappa shape index (κ1) is 27.0. The predicted molar refractivity (Wildman–Crippen MR) is 134 cm³/mol. The second-order valence-corrected chi connectivity index (χ2v) is 10.6. The maximum Gasteiger partial charge on any atom is 0.338 e. The van der Waals surface area contributed by atoms with Crippen LogP contribution in [0.4, 0.5) is 5.69 Å². The van der Waals surface area contributed by atoms with E-state index in [9.17, 15) is 18.0 Å². The van der Waals surface area contributed by atoms with Crippen LogP contribution in [0.2, 0.25) is 5.02 Å². The minimum absolute atomic E-state index is 0.0992. The summed E-state index contributed by atoms with van der Waals surface area (Å²) in [5.74, 6) is -0.447. The van der Waals surface area contributed by atoms with Crippen LogP contribution in [0.5, 0.6) is 5.75 Å². The van der Waals surface area contributed by atoms with Crippen LogP contribution in [0.25, 0.3) is 0 Å². The molecule has 1 fully saturated rings. The zero-order valence-corrected chi connectivity index (χ0v) is 21.5. The van der Waals surface area contributed by atoms with Crippen LogP contribution in [-0.4, -0.2) is 50.9 Å². The van der Waals surface area contributed by atoms with E-state index in [4.69, 9.17) is 21.1 Å². The van der Waals surface area contributed by atoms with E-state index in [1.807, 2.05) is 13.8 Å². The number of halogens is 1. The molecule has 0 aromatic heterocycles. The van der Waals surface area contributed by atoms with E-state index in [2.05, 4.69) is 5.32 Å². The maximum absolute atomic E-state index is 13.0. The lowest BCUT2D eigenvalue weighted by Gasteiger charge is -2.30. The summed E-state index contributed by atoms with van der Waals surface area (Å²) < 4.78 is 38.0. The number of amides is 1. The number of anilines is 1. The number of ether oxygens (including phenoxy) is 2. The van der Waals surface area contributed by atoms with E-state index in [1.165, 1.54) is 16.4 Å². The van der Waals surface area contributed by atoms with Gasteiger partial charge in [0.15, 0.2) is 0 Å². The number of nitrogens with zero attached hydrogens (tertiary/aromatic N) is 1. The lowest BCUT2D eigenvalue weighted by atomic mass is 9.97. The minimum Gasteiger partial charge on any atom is -0.492 e. The molecule has 1 aliphatic heterocycles. The van der Waals surface area contributed by atoms with Gasteiger partial charge in [-0.15, -0.1) is 0 Å². The van der Waals surface area contributed by atoms with Gasteiger partial charge in [-0.1, -0.05) is 24.9 Å². The number of carbonyl (C=O) groups excluding carboxylic acids is 2. The van der Waals surface area contributed by atoms with E-state index in [1.54, 1.807) is 30.3 Å². The van der Waals surface area contributed by atoms with Crippen LogP contribution in [0.3, 0.4) is 0 Å². The third-order valence-electron chi connectivity index (χ3n) is 5.78. The average molecular weight is 523 g/mol. The second-order valence-electron chi connectivity index (χ2n) is 8.26. The number of unbranched alkanes of at least 4 members (excludes halogenated alkanes) is 1. The molecule has 1 heterocycles. The highest BCUT2D eigenvalue weighted by Gasteiger charge is 2.32. The largest absolute Gasteiger partial charge is 0.492 e. The summed E-state index contributed by atoms with van der Waals surface area (Å²) in [5.41, 5.74) is 0.992. The first-order valence-corrected chi connectivity index (χ1v) is 13.6. The molecule has 3 rings (SSSR count). The lowest BCUT2D eigenvalue weighted by Crippen LogP contribution is -2.41. The Morgan fingerprint density at radius 2 is 1.77 bits per heavy atom. The van der Waals surface area contributed by atoms with Gasteiger partial charge >= 0.3 is 5.97 Å². The summed E-state index contributed by atoms with van der Waals surface area (Å²) >= 11 is 6.16. The molecule has 35 heavy (non-hydrogen) atoms. The third-order valence-corrected chi connectivity index (χ3v) is 7.97. The van der Waals surface area contributed by atoms with E-state index >= 15 is 0 Å². The third kappa shape index (κ3) is 6.96. The zero-order valence-electron chi connectivity index (χ0n) is 20.0. The van der Waals surface area contributed by atoms with E-state index in [0.717, 1.165) is 12.8 Å². The van der Waals surface area contributed by atoms with Gasteiger partial charge in [0, 0.05) is 24.7 Å². The first-order valence-electron chi connectivity index (χ1n) is 11.8. The molecule has 0 unspecified atom stereocenters. The van der Waals surface area contributed by atoms with E-state index in [-0.39, 0.29) is 34.8 Å². The first-order chi connectivity index (χ1) is 16.8. The molecular formula is C25H31ClN2O6S. The highest BCUT2D eigenvalue weighted by atomic mass is 35.5. The molecule has 0 aliphatic carbocycles. The van der Waals surface area contributed by atoms with Crippen molar-refractivity contribution in [3.63, 3.8) is 0 Å². The Morgan fingerprint density at radius 1 is 1.09 bits per heavy atom. The summed E-state index contributed by atoms with van der Waals surface area (Å²) in [6.07, 6.45) is 2.56. The Hall–Kier alpha value is -2.62. The molecule has 0 atom stereocenters. The van der Waals surface area contributed by atoms with Crippen molar-refractivity contribution < 1.29 is 27.5 Å². The Balaban J connectivity index is 1.54. The molecule has 1 N–H and O–H groups in total. The van der Waals surface area contributed by atoms with Gasteiger partial charge in [-0.3, -0.25) is 4.79 Å². The van der Waals surface area contributed by atoms with Gasteiger partial charge in [0.2, 0.25) is 15.9 Å². The molecule has 1 saturated heterocycles. The molecular weight excluding hydrogens is 492 g/mol. The average Bonchev–Trinajstić information content (AvgIpc) is 2.86. The number of nitrogens with one attached hydrogen (secondary N) is 1. The summed E-state index contributed by atoms with van der Waals surface area (Å²) in [5, 5.41) is 3.09. The zero-order chi connectivity index (χ0) is 25.4. The molecule has 0 radical (unpaired) electrons. The van der Waals surface area contributed by atoms with Gasteiger partial charge in [-0.2, -0.15) is 4.31 Å². The van der Waals surface area contributed by atoms with Crippen LogP contribution in [0, 0.1) is 5.92 Å². The van der Waals surface area contributed by atoms with Gasteiger partial charge in [0.05, 0.1) is 28.7 Å². The molecule has 10 heteroatoms. The SMILES string of the molecule is CCCCOC(=O)c1ccc(NC(=O)C2CCN(S(=O)(=O)c3ccc(OCC)c(Cl)c3)CC2)cc1. The Labute approximate surface area is 211 Å². The number of sulfonamides is 1. The van der Waals surface area contributed by atoms with Crippen molar-refractivity contribution >= 4 is 39.2 Å². The van der Waals surface area contributed by atoms with Gasteiger partial charge in [0.1, 0.15) is 5.75 Å². The monoisotopic (exact) mass is 522 g/mol. The Kier molecular flexibility index (Phi) is 9.54. The molecule has 1 aliphatic rings. The molecule has 0 bridgehead atoms. The highest BCUT2D eigenvalue weighted by molar-refractivity contribution is 7.89. The smallest absolute Gasteiger partial charge is 0.338 e. The molecule has 0 saturated carbocycles. The van der Waals surface area contributed by atoms with Crippen LogP contribution in [0.15, 0.2) is 47.4 Å². The van der Waals surface area contributed by atoms with E-state index in [0.29, 0.717) is 43.1 Å². The predicted octanol–water partition coefficient (Wildman–Crippen LogP) is 4.74. The lowest BCUT2D eigenvalue weighted by molar-refractivity contribution is -0.120. The second kappa shape index (κ2) is 12.4. The number of esters is 1. The van der Waals surface area contributed by atoms with Crippen LogP contribution >= 0.6 is 11.6 Å². The van der Waals surface area contributed by atoms with Crippen molar-refractivity contribution in [2.75, 3.05) is 31.6 Å². The van der Waals surface area contributed by atoms with Crippen LogP contribution in [0.1, 0.15) is 49.9 Å². The summed E-state index contributed by atoms with van der Waals surface area (Å²) in [6.45, 7) is 5.11. The van der Waals surface area contributed by atoms with Gasteiger partial charge < -0.3 is 14.8 Å². The number of piperidine rings is 1. The van der Waals surface area contributed by atoms with Crippen molar-refractivity contribution in [2.24, 2.45) is 5.92 Å². The van der Waals surface area contributed by atoms with Crippen molar-refractivity contribution in [2.45, 2.75) is 44.4 Å². The van der Waals surface area contributed by atoms with Crippen LogP contribution < -0.4 is 10.1 Å². The Bertz CT molecular complexity index is 1130. The number of hydrogen-bond acceptors (Lipinski definition) is 6. The molecule has 8 nitrogen and oxygen atoms in total. The standard InChI is InChI=1S/C25H31ClN2O6S/c1-3-5-16-34-25(30)19-6-8-20(9-7-19)27-24(29)18-12-14-28(15-13-18)35(31,32)21-10-11-23(33-4-2)22(26)17-21/h6-11,17-18H,3-5,12-16H2,1-2H3,(H,27,29). The molecule has 190 valence electrons. The minimum atomic E-state index is -3.73. The van der Waals surface area contributed by atoms with Crippen molar-refractivity contribution in [1.82, 2.24) is 4.31 Å². The molecule has 1 amide bonds. The fourth-order valence-corrected chi connectivity index (χ4v) is 5.54. The number of benzene rings is 2. The normalized spacial score (nSPS) is 14.9. The van der Waals surface area contributed by atoms with Crippen molar-refractivity contribution in [1.29, 1.82) is 0 Å². The molecule has 0 spiro atoms. The Morgan fingerprint density at radius 3 is 2.37 bits per heavy atom. The quantitative estimate of drug-likeness (QED) is 0.357. The number of carbonyl (C=O) groups is 2. The fourth-order valence-electron chi connectivity index (χ4n) is 3.75. The van der Waals surface area contributed by atoms with Crippen LogP contribution in [-0.2, 0) is 19.6 Å². The number of hydrogen-bond donors (Lipinski definition) is 1. The summed E-state index contributed by atoms with van der Waals surface area (Å²) in [4.78, 5) is 24.8. The topological polar surface area (TPSA) is 102 Å². The molecule has 2 aromatic carbocycles. The highest BCUT2D eigenvalue weighted by Crippen LogP contribution is 2.30. The van der Waals surface area contributed by atoms with Gasteiger partial charge in [0.25, 0.3) is 0 Å².